The summed E-state index contributed by atoms with van der Waals surface area (Å²) in [6.07, 6.45) is 1.39. The van der Waals surface area contributed by atoms with Gasteiger partial charge < -0.3 is 15.2 Å². The Hall–Kier alpha value is -4.74. The molecule has 0 atom stereocenters. The number of hydrogen-bond acceptors (Lipinski definition) is 5. The van der Waals surface area contributed by atoms with Gasteiger partial charge in [-0.05, 0) is 80.8 Å². The van der Waals surface area contributed by atoms with Gasteiger partial charge in [0.15, 0.2) is 0 Å². The summed E-state index contributed by atoms with van der Waals surface area (Å²) in [6, 6.07) is 25.1. The van der Waals surface area contributed by atoms with E-state index in [2.05, 4.69) is 21.2 Å². The molecule has 0 aliphatic rings. The van der Waals surface area contributed by atoms with Crippen molar-refractivity contribution in [3.05, 3.63) is 112 Å². The van der Waals surface area contributed by atoms with Crippen LogP contribution in [-0.4, -0.2) is 23.0 Å². The number of halogens is 1. The van der Waals surface area contributed by atoms with Crippen molar-refractivity contribution >= 4 is 56.3 Å². The minimum absolute atomic E-state index is 0.0788. The molecule has 2 N–H and O–H groups in total. The van der Waals surface area contributed by atoms with Crippen molar-refractivity contribution in [1.29, 1.82) is 5.26 Å². The van der Waals surface area contributed by atoms with Gasteiger partial charge in [0, 0.05) is 5.69 Å². The minimum Gasteiger partial charge on any atom is -0.478 e. The maximum absolute atomic E-state index is 12.8. The Balaban J connectivity index is 1.50. The molecule has 0 fully saturated rings. The number of rotatable bonds is 6. The van der Waals surface area contributed by atoms with Crippen LogP contribution < -0.4 is 10.1 Å². The SMILES string of the molecule is N#C/C(=C\c1ccc(OC(=O)c2cccc3ccccc23)c(Br)c1)C(=O)Nc1ccc(C(=O)O)cc1. The van der Waals surface area contributed by atoms with Crippen LogP contribution in [0.2, 0.25) is 0 Å². The van der Waals surface area contributed by atoms with E-state index in [4.69, 9.17) is 9.84 Å². The summed E-state index contributed by atoms with van der Waals surface area (Å²) in [4.78, 5) is 36.3. The summed E-state index contributed by atoms with van der Waals surface area (Å²) < 4.78 is 6.05. The first-order valence-electron chi connectivity index (χ1n) is 10.6. The average Bonchev–Trinajstić information content (AvgIpc) is 2.88. The smallest absolute Gasteiger partial charge is 0.344 e. The quantitative estimate of drug-likeness (QED) is 0.133. The van der Waals surface area contributed by atoms with E-state index in [1.807, 2.05) is 36.4 Å². The molecule has 7 nitrogen and oxygen atoms in total. The van der Waals surface area contributed by atoms with Gasteiger partial charge in [-0.2, -0.15) is 5.26 Å². The van der Waals surface area contributed by atoms with Crippen molar-refractivity contribution < 1.29 is 24.2 Å². The summed E-state index contributed by atoms with van der Waals surface area (Å²) >= 11 is 3.38. The number of aromatic carboxylic acids is 1. The van der Waals surface area contributed by atoms with E-state index in [9.17, 15) is 19.6 Å². The Kier molecular flexibility index (Phi) is 7.23. The first kappa shape index (κ1) is 24.4. The summed E-state index contributed by atoms with van der Waals surface area (Å²) in [6.45, 7) is 0. The standard InChI is InChI=1S/C28H17BrN2O5/c29-24-15-17(14-20(16-30)26(32)31-21-11-9-19(10-12-21)27(33)34)8-13-25(24)36-28(35)23-7-3-5-18-4-1-2-6-22(18)23/h1-15H,(H,31,32)(H,33,34)/b20-14+. The molecule has 4 rings (SSSR count). The van der Waals surface area contributed by atoms with Gasteiger partial charge >= 0.3 is 11.9 Å². The van der Waals surface area contributed by atoms with Crippen LogP contribution in [0.1, 0.15) is 26.3 Å². The highest BCUT2D eigenvalue weighted by Crippen LogP contribution is 2.29. The highest BCUT2D eigenvalue weighted by molar-refractivity contribution is 9.10. The zero-order valence-electron chi connectivity index (χ0n) is 18.6. The van der Waals surface area contributed by atoms with Crippen LogP contribution >= 0.6 is 15.9 Å². The Bertz CT molecular complexity index is 1560. The second kappa shape index (κ2) is 10.7. The number of carboxylic acids is 1. The number of nitrogens with zero attached hydrogens (tertiary/aromatic N) is 1. The normalized spacial score (nSPS) is 10.9. The third-order valence-electron chi connectivity index (χ3n) is 5.23. The topological polar surface area (TPSA) is 116 Å². The number of hydrogen-bond donors (Lipinski definition) is 2. The van der Waals surface area contributed by atoms with Crippen molar-refractivity contribution in [2.75, 3.05) is 5.32 Å². The summed E-state index contributed by atoms with van der Waals surface area (Å²) in [5.41, 5.74) is 1.23. The maximum Gasteiger partial charge on any atom is 0.344 e. The van der Waals surface area contributed by atoms with Crippen molar-refractivity contribution in [3.63, 3.8) is 0 Å². The van der Waals surface area contributed by atoms with Crippen LogP contribution in [0.15, 0.2) is 95.0 Å². The van der Waals surface area contributed by atoms with Crippen LogP contribution in [0.5, 0.6) is 5.75 Å². The Morgan fingerprint density at radius 1 is 0.944 bits per heavy atom. The molecule has 0 bridgehead atoms. The van der Waals surface area contributed by atoms with Gasteiger partial charge in [0.25, 0.3) is 5.91 Å². The van der Waals surface area contributed by atoms with E-state index in [0.717, 1.165) is 10.8 Å². The number of nitrogens with one attached hydrogen (secondary N) is 1. The van der Waals surface area contributed by atoms with Crippen molar-refractivity contribution in [2.45, 2.75) is 0 Å². The molecule has 0 spiro atoms. The molecule has 0 aliphatic carbocycles. The lowest BCUT2D eigenvalue weighted by atomic mass is 10.0. The Labute approximate surface area is 214 Å². The second-order valence-corrected chi connectivity index (χ2v) is 8.47. The van der Waals surface area contributed by atoms with Crippen LogP contribution in [0.4, 0.5) is 5.69 Å². The van der Waals surface area contributed by atoms with E-state index in [1.54, 1.807) is 30.3 Å². The molecular formula is C28H17BrN2O5. The predicted molar refractivity (Wildman–Crippen MR) is 139 cm³/mol. The molecule has 0 radical (unpaired) electrons. The van der Waals surface area contributed by atoms with E-state index in [-0.39, 0.29) is 16.9 Å². The Morgan fingerprint density at radius 3 is 2.36 bits per heavy atom. The highest BCUT2D eigenvalue weighted by atomic mass is 79.9. The number of esters is 1. The van der Waals surface area contributed by atoms with Gasteiger partial charge in [-0.25, -0.2) is 9.59 Å². The van der Waals surface area contributed by atoms with Crippen LogP contribution in [0, 0.1) is 11.3 Å². The van der Waals surface area contributed by atoms with Gasteiger partial charge in [0.1, 0.15) is 17.4 Å². The largest absolute Gasteiger partial charge is 0.478 e. The van der Waals surface area contributed by atoms with E-state index in [0.29, 0.717) is 21.3 Å². The minimum atomic E-state index is -1.08. The van der Waals surface area contributed by atoms with E-state index in [1.165, 1.54) is 30.3 Å². The number of ether oxygens (including phenoxy) is 1. The number of carbonyl (C=O) groups is 3. The average molecular weight is 541 g/mol. The number of fused-ring (bicyclic) bond motifs is 1. The van der Waals surface area contributed by atoms with Gasteiger partial charge in [-0.15, -0.1) is 0 Å². The summed E-state index contributed by atoms with van der Waals surface area (Å²) in [5, 5.41) is 22.7. The van der Waals surface area contributed by atoms with Gasteiger partial charge in [-0.3, -0.25) is 4.79 Å². The fourth-order valence-electron chi connectivity index (χ4n) is 3.46. The van der Waals surface area contributed by atoms with Crippen LogP contribution in [0.3, 0.4) is 0 Å². The van der Waals surface area contributed by atoms with Gasteiger partial charge in [0.05, 0.1) is 15.6 Å². The molecule has 0 unspecified atom stereocenters. The zero-order chi connectivity index (χ0) is 25.7. The molecular weight excluding hydrogens is 524 g/mol. The molecule has 0 saturated carbocycles. The number of amides is 1. The van der Waals surface area contributed by atoms with E-state index < -0.39 is 17.8 Å². The molecule has 8 heteroatoms. The lowest BCUT2D eigenvalue weighted by Gasteiger charge is -2.09. The van der Waals surface area contributed by atoms with Crippen LogP contribution in [0.25, 0.3) is 16.8 Å². The fourth-order valence-corrected chi connectivity index (χ4v) is 3.94. The maximum atomic E-state index is 12.8. The van der Waals surface area contributed by atoms with E-state index >= 15 is 0 Å². The van der Waals surface area contributed by atoms with Crippen molar-refractivity contribution in [2.24, 2.45) is 0 Å². The van der Waals surface area contributed by atoms with Crippen molar-refractivity contribution in [1.82, 2.24) is 0 Å². The predicted octanol–water partition coefficient (Wildman–Crippen LogP) is 6.07. The monoisotopic (exact) mass is 540 g/mol. The number of benzene rings is 4. The second-order valence-electron chi connectivity index (χ2n) is 7.61. The fraction of sp³-hybridized carbons (Fsp3) is 0. The van der Waals surface area contributed by atoms with Crippen LogP contribution in [-0.2, 0) is 4.79 Å². The number of carboxylic acid groups (broad SMARTS) is 1. The molecule has 0 aliphatic heterocycles. The van der Waals surface area contributed by atoms with Crippen molar-refractivity contribution in [3.8, 4) is 11.8 Å². The third-order valence-corrected chi connectivity index (χ3v) is 5.85. The summed E-state index contributed by atoms with van der Waals surface area (Å²) in [7, 11) is 0. The molecule has 36 heavy (non-hydrogen) atoms. The molecule has 4 aromatic rings. The molecule has 0 heterocycles. The van der Waals surface area contributed by atoms with Gasteiger partial charge in [0.2, 0.25) is 0 Å². The highest BCUT2D eigenvalue weighted by Gasteiger charge is 2.15. The Morgan fingerprint density at radius 2 is 1.67 bits per heavy atom. The number of carbonyl (C=O) groups excluding carboxylic acids is 2. The lowest BCUT2D eigenvalue weighted by molar-refractivity contribution is -0.112. The third kappa shape index (κ3) is 5.49. The zero-order valence-corrected chi connectivity index (χ0v) is 20.2. The lowest BCUT2D eigenvalue weighted by Crippen LogP contribution is -2.13. The van der Waals surface area contributed by atoms with Gasteiger partial charge in [-0.1, -0.05) is 42.5 Å². The molecule has 0 saturated heterocycles. The number of anilines is 1. The first-order valence-corrected chi connectivity index (χ1v) is 11.4. The molecule has 1 amide bonds. The molecule has 176 valence electrons. The molecule has 0 aromatic heterocycles. The first-order chi connectivity index (χ1) is 17.4. The summed E-state index contributed by atoms with van der Waals surface area (Å²) in [5.74, 6) is -1.96. The number of nitriles is 1. The molecule has 4 aromatic carbocycles.